The lowest BCUT2D eigenvalue weighted by Gasteiger charge is -2.34. The van der Waals surface area contributed by atoms with Gasteiger partial charge in [0, 0.05) is 70.3 Å². The molecule has 0 spiro atoms. The number of carbonyl (C=O) groups is 1. The highest BCUT2D eigenvalue weighted by molar-refractivity contribution is 5.78. The van der Waals surface area contributed by atoms with Crippen molar-refractivity contribution in [2.75, 3.05) is 69.8 Å². The summed E-state index contributed by atoms with van der Waals surface area (Å²) in [6.45, 7) is 8.77. The van der Waals surface area contributed by atoms with Crippen LogP contribution in [-0.2, 0) is 24.4 Å². The zero-order chi connectivity index (χ0) is 26.3. The SMILES string of the molecule is COc1cccc(CN(Cc2cccc(N3CCN(C)CC3)c2)c2ccc(CN3CCNC(=O)C3)cc2)c1. The fourth-order valence-corrected chi connectivity index (χ4v) is 5.26. The molecule has 2 aliphatic rings. The first kappa shape index (κ1) is 26.1. The number of amides is 1. The van der Waals surface area contributed by atoms with Crippen molar-refractivity contribution in [2.24, 2.45) is 0 Å². The van der Waals surface area contributed by atoms with E-state index in [0.717, 1.165) is 64.7 Å². The third-order valence-electron chi connectivity index (χ3n) is 7.49. The van der Waals surface area contributed by atoms with Crippen LogP contribution in [-0.4, -0.2) is 75.7 Å². The molecular weight excluding hydrogens is 474 g/mol. The molecule has 1 amide bonds. The maximum absolute atomic E-state index is 11.8. The zero-order valence-electron chi connectivity index (χ0n) is 22.6. The van der Waals surface area contributed by atoms with Crippen molar-refractivity contribution >= 4 is 17.3 Å². The third-order valence-corrected chi connectivity index (χ3v) is 7.49. The maximum Gasteiger partial charge on any atom is 0.234 e. The van der Waals surface area contributed by atoms with Gasteiger partial charge in [-0.15, -0.1) is 0 Å². The van der Waals surface area contributed by atoms with Gasteiger partial charge in [0.15, 0.2) is 0 Å². The molecule has 0 saturated carbocycles. The molecule has 0 atom stereocenters. The van der Waals surface area contributed by atoms with Gasteiger partial charge in [-0.3, -0.25) is 9.69 Å². The monoisotopic (exact) mass is 513 g/mol. The van der Waals surface area contributed by atoms with E-state index in [2.05, 4.69) is 98.7 Å². The van der Waals surface area contributed by atoms with E-state index in [-0.39, 0.29) is 5.91 Å². The number of rotatable bonds is 9. The molecule has 3 aromatic rings. The van der Waals surface area contributed by atoms with Crippen LogP contribution in [0.2, 0.25) is 0 Å². The lowest BCUT2D eigenvalue weighted by molar-refractivity contribution is -0.124. The molecule has 38 heavy (non-hydrogen) atoms. The number of nitrogens with zero attached hydrogens (tertiary/aromatic N) is 4. The molecule has 2 heterocycles. The Morgan fingerprint density at radius 3 is 2.26 bits per heavy atom. The van der Waals surface area contributed by atoms with Crippen LogP contribution in [0, 0.1) is 0 Å². The molecule has 7 nitrogen and oxygen atoms in total. The van der Waals surface area contributed by atoms with E-state index in [9.17, 15) is 4.79 Å². The van der Waals surface area contributed by atoms with Gasteiger partial charge in [-0.1, -0.05) is 36.4 Å². The van der Waals surface area contributed by atoms with Crippen molar-refractivity contribution in [1.82, 2.24) is 15.1 Å². The van der Waals surface area contributed by atoms with Gasteiger partial charge < -0.3 is 24.8 Å². The lowest BCUT2D eigenvalue weighted by Crippen LogP contribution is -2.47. The molecule has 0 radical (unpaired) electrons. The predicted octanol–water partition coefficient (Wildman–Crippen LogP) is 3.59. The second kappa shape index (κ2) is 12.3. The van der Waals surface area contributed by atoms with Crippen LogP contribution < -0.4 is 19.9 Å². The molecule has 1 N–H and O–H groups in total. The summed E-state index contributed by atoms with van der Waals surface area (Å²) in [6, 6.07) is 26.1. The Bertz CT molecular complexity index is 1210. The van der Waals surface area contributed by atoms with E-state index in [1.165, 1.54) is 28.1 Å². The van der Waals surface area contributed by atoms with Crippen LogP contribution in [0.1, 0.15) is 16.7 Å². The van der Waals surface area contributed by atoms with E-state index in [1.54, 1.807) is 7.11 Å². The number of hydrogen-bond acceptors (Lipinski definition) is 6. The maximum atomic E-state index is 11.8. The highest BCUT2D eigenvalue weighted by Gasteiger charge is 2.18. The van der Waals surface area contributed by atoms with E-state index in [4.69, 9.17) is 4.74 Å². The van der Waals surface area contributed by atoms with Crippen LogP contribution in [0.4, 0.5) is 11.4 Å². The molecule has 3 aromatic carbocycles. The Hall–Kier alpha value is -3.55. The molecule has 2 aliphatic heterocycles. The Morgan fingerprint density at radius 1 is 0.842 bits per heavy atom. The first-order valence-electron chi connectivity index (χ1n) is 13.5. The van der Waals surface area contributed by atoms with Gasteiger partial charge in [0.25, 0.3) is 0 Å². The molecule has 7 heteroatoms. The molecule has 0 aromatic heterocycles. The average molecular weight is 514 g/mol. The number of methoxy groups -OCH3 is 1. The first-order chi connectivity index (χ1) is 18.6. The first-order valence-corrected chi connectivity index (χ1v) is 13.5. The van der Waals surface area contributed by atoms with Gasteiger partial charge in [0.1, 0.15) is 5.75 Å². The summed E-state index contributed by atoms with van der Waals surface area (Å²) in [7, 11) is 3.91. The standard InChI is InChI=1S/C31H39N5O2/c1-33-15-17-35(18-16-33)29-7-3-5-26(19-29)22-36(23-27-6-4-8-30(20-27)38-2)28-11-9-25(10-12-28)21-34-14-13-32-31(37)24-34/h3-12,19-20H,13-18,21-24H2,1-2H3,(H,32,37). The highest BCUT2D eigenvalue weighted by atomic mass is 16.5. The van der Waals surface area contributed by atoms with E-state index < -0.39 is 0 Å². The fraction of sp³-hybridized carbons (Fsp3) is 0.387. The van der Waals surface area contributed by atoms with Gasteiger partial charge >= 0.3 is 0 Å². The second-order valence-corrected chi connectivity index (χ2v) is 10.4. The number of anilines is 2. The summed E-state index contributed by atoms with van der Waals surface area (Å²) in [6.07, 6.45) is 0. The van der Waals surface area contributed by atoms with Crippen molar-refractivity contribution in [3.05, 3.63) is 89.5 Å². The fourth-order valence-electron chi connectivity index (χ4n) is 5.26. The minimum Gasteiger partial charge on any atom is -0.497 e. The molecule has 0 bridgehead atoms. The predicted molar refractivity (Wildman–Crippen MR) is 154 cm³/mol. The van der Waals surface area contributed by atoms with Crippen LogP contribution in [0.25, 0.3) is 0 Å². The summed E-state index contributed by atoms with van der Waals surface area (Å²) in [5.74, 6) is 0.983. The van der Waals surface area contributed by atoms with E-state index in [1.807, 2.05) is 6.07 Å². The summed E-state index contributed by atoms with van der Waals surface area (Å²) in [5.41, 5.74) is 6.22. The van der Waals surface area contributed by atoms with Crippen molar-refractivity contribution < 1.29 is 9.53 Å². The van der Waals surface area contributed by atoms with Gasteiger partial charge in [0.05, 0.1) is 13.7 Å². The topological polar surface area (TPSA) is 51.3 Å². The number of benzene rings is 3. The molecular formula is C31H39N5O2. The minimum absolute atomic E-state index is 0.108. The molecule has 5 rings (SSSR count). The van der Waals surface area contributed by atoms with Crippen LogP contribution in [0.3, 0.4) is 0 Å². The Labute approximate surface area is 226 Å². The normalized spacial score (nSPS) is 16.8. The van der Waals surface area contributed by atoms with Gasteiger partial charge in [-0.05, 0) is 60.1 Å². The zero-order valence-corrected chi connectivity index (χ0v) is 22.6. The number of ether oxygens (including phenoxy) is 1. The molecule has 0 aliphatic carbocycles. The van der Waals surface area contributed by atoms with Crippen LogP contribution in [0.5, 0.6) is 5.75 Å². The van der Waals surface area contributed by atoms with Crippen molar-refractivity contribution in [1.29, 1.82) is 0 Å². The third kappa shape index (κ3) is 6.85. The molecule has 2 saturated heterocycles. The molecule has 200 valence electrons. The number of carbonyl (C=O) groups excluding carboxylic acids is 1. The lowest BCUT2D eigenvalue weighted by atomic mass is 10.1. The van der Waals surface area contributed by atoms with Crippen molar-refractivity contribution in [3.63, 3.8) is 0 Å². The summed E-state index contributed by atoms with van der Waals surface area (Å²) >= 11 is 0. The largest absolute Gasteiger partial charge is 0.497 e. The number of likely N-dealkylation sites (N-methyl/N-ethyl adjacent to an activating group) is 1. The quantitative estimate of drug-likeness (QED) is 0.472. The summed E-state index contributed by atoms with van der Waals surface area (Å²) in [4.78, 5) is 21.3. The Balaban J connectivity index is 1.35. The second-order valence-electron chi connectivity index (χ2n) is 10.4. The van der Waals surface area contributed by atoms with Crippen molar-refractivity contribution in [3.8, 4) is 5.75 Å². The number of piperazine rings is 2. The summed E-state index contributed by atoms with van der Waals surface area (Å²) < 4.78 is 5.49. The van der Waals surface area contributed by atoms with E-state index in [0.29, 0.717) is 6.54 Å². The highest BCUT2D eigenvalue weighted by Crippen LogP contribution is 2.25. The number of hydrogen-bond donors (Lipinski definition) is 1. The van der Waals surface area contributed by atoms with Crippen LogP contribution in [0.15, 0.2) is 72.8 Å². The minimum atomic E-state index is 0.108. The smallest absolute Gasteiger partial charge is 0.234 e. The van der Waals surface area contributed by atoms with Gasteiger partial charge in [0.2, 0.25) is 5.91 Å². The average Bonchev–Trinajstić information content (AvgIpc) is 2.94. The Kier molecular flexibility index (Phi) is 8.46. The van der Waals surface area contributed by atoms with Gasteiger partial charge in [-0.25, -0.2) is 0 Å². The number of nitrogens with one attached hydrogen (secondary N) is 1. The molecule has 0 unspecified atom stereocenters. The Morgan fingerprint density at radius 2 is 1.55 bits per heavy atom. The van der Waals surface area contributed by atoms with Crippen molar-refractivity contribution in [2.45, 2.75) is 19.6 Å². The summed E-state index contributed by atoms with van der Waals surface area (Å²) in [5, 5.41) is 2.90. The van der Waals surface area contributed by atoms with Crippen LogP contribution >= 0.6 is 0 Å². The van der Waals surface area contributed by atoms with Gasteiger partial charge in [-0.2, -0.15) is 0 Å². The van der Waals surface area contributed by atoms with E-state index >= 15 is 0 Å². The molecule has 2 fully saturated rings.